The normalized spacial score (nSPS) is 14.8. The van der Waals surface area contributed by atoms with Gasteiger partial charge >= 0.3 is 0 Å². The van der Waals surface area contributed by atoms with E-state index < -0.39 is 10.0 Å². The zero-order chi connectivity index (χ0) is 20.3. The number of rotatable bonds is 8. The van der Waals surface area contributed by atoms with E-state index in [9.17, 15) is 8.42 Å². The van der Waals surface area contributed by atoms with E-state index in [1.807, 2.05) is 12.1 Å². The summed E-state index contributed by atoms with van der Waals surface area (Å²) in [4.78, 5) is 8.94. The number of hydrogen-bond donors (Lipinski definition) is 1. The fraction of sp³-hybridized carbons (Fsp3) is 0.421. The van der Waals surface area contributed by atoms with Crippen molar-refractivity contribution in [3.63, 3.8) is 0 Å². The van der Waals surface area contributed by atoms with Gasteiger partial charge in [-0.3, -0.25) is 9.62 Å². The maximum atomic E-state index is 11.7. The summed E-state index contributed by atoms with van der Waals surface area (Å²) in [5, 5.41) is 0. The van der Waals surface area contributed by atoms with Crippen LogP contribution in [0.2, 0.25) is 0 Å². The lowest BCUT2D eigenvalue weighted by atomic mass is 10.1. The van der Waals surface area contributed by atoms with Gasteiger partial charge in [-0.1, -0.05) is 19.1 Å². The molecule has 1 aromatic carbocycles. The molecular formula is C19H25BrN4O3S. The summed E-state index contributed by atoms with van der Waals surface area (Å²) in [6, 6.07) is 10.3. The minimum atomic E-state index is -3.37. The Labute approximate surface area is 174 Å². The summed E-state index contributed by atoms with van der Waals surface area (Å²) in [6.07, 6.45) is 2.83. The van der Waals surface area contributed by atoms with Crippen molar-refractivity contribution in [1.82, 2.24) is 9.88 Å². The van der Waals surface area contributed by atoms with Crippen LogP contribution in [-0.4, -0.2) is 57.3 Å². The Balaban J connectivity index is 1.67. The maximum Gasteiger partial charge on any atom is 0.229 e. The van der Waals surface area contributed by atoms with Crippen LogP contribution < -0.4 is 14.4 Å². The number of nitrogens with one attached hydrogen (secondary N) is 1. The third kappa shape index (κ3) is 5.15. The minimum absolute atomic E-state index is 0.392. The number of benzene rings is 1. The highest BCUT2D eigenvalue weighted by atomic mass is 79.9. The number of aromatic nitrogens is 1. The van der Waals surface area contributed by atoms with Crippen molar-refractivity contribution in [2.24, 2.45) is 0 Å². The summed E-state index contributed by atoms with van der Waals surface area (Å²) >= 11 is 3.35. The third-order valence-corrected chi connectivity index (χ3v) is 5.78. The molecule has 152 valence electrons. The first-order valence-electron chi connectivity index (χ1n) is 9.04. The molecule has 1 saturated heterocycles. The van der Waals surface area contributed by atoms with E-state index in [1.165, 1.54) is 5.56 Å². The van der Waals surface area contributed by atoms with Crippen molar-refractivity contribution in [3.05, 3.63) is 46.6 Å². The molecule has 28 heavy (non-hydrogen) atoms. The molecule has 0 amide bonds. The average molecular weight is 469 g/mol. The molecule has 1 fully saturated rings. The smallest absolute Gasteiger partial charge is 0.229 e. The van der Waals surface area contributed by atoms with Crippen molar-refractivity contribution in [2.45, 2.75) is 19.5 Å². The highest BCUT2D eigenvalue weighted by molar-refractivity contribution is 9.10. The van der Waals surface area contributed by atoms with Gasteiger partial charge in [-0.2, -0.15) is 0 Å². The second-order valence-corrected chi connectivity index (χ2v) is 9.53. The quantitative estimate of drug-likeness (QED) is 0.641. The molecule has 0 bridgehead atoms. The first-order valence-corrected chi connectivity index (χ1v) is 11.7. The molecule has 0 saturated carbocycles. The van der Waals surface area contributed by atoms with Crippen molar-refractivity contribution in [1.29, 1.82) is 0 Å². The molecule has 9 heteroatoms. The number of nitrogens with zero attached hydrogens (tertiary/aromatic N) is 3. The molecule has 1 aromatic heterocycles. The van der Waals surface area contributed by atoms with Crippen molar-refractivity contribution in [2.75, 3.05) is 42.6 Å². The van der Waals surface area contributed by atoms with E-state index in [0.29, 0.717) is 17.5 Å². The molecule has 0 spiro atoms. The maximum absolute atomic E-state index is 11.7. The van der Waals surface area contributed by atoms with Gasteiger partial charge in [0.15, 0.2) is 5.82 Å². The van der Waals surface area contributed by atoms with Crippen LogP contribution in [0, 0.1) is 0 Å². The Morgan fingerprint density at radius 1 is 1.32 bits per heavy atom. The molecule has 7 nitrogen and oxygen atoms in total. The van der Waals surface area contributed by atoms with Gasteiger partial charge in [-0.05, 0) is 46.2 Å². The second-order valence-electron chi connectivity index (χ2n) is 6.87. The van der Waals surface area contributed by atoms with Crippen molar-refractivity contribution < 1.29 is 13.2 Å². The number of methoxy groups -OCH3 is 1. The van der Waals surface area contributed by atoms with E-state index >= 15 is 0 Å². The van der Waals surface area contributed by atoms with Crippen molar-refractivity contribution in [3.8, 4) is 5.75 Å². The molecule has 3 rings (SSSR count). The summed E-state index contributed by atoms with van der Waals surface area (Å²) < 4.78 is 31.9. The van der Waals surface area contributed by atoms with Crippen LogP contribution in [0.15, 0.2) is 41.0 Å². The lowest BCUT2D eigenvalue weighted by Crippen LogP contribution is -2.59. The van der Waals surface area contributed by atoms with Crippen molar-refractivity contribution >= 4 is 37.5 Å². The average Bonchev–Trinajstić information content (AvgIpc) is 2.60. The van der Waals surface area contributed by atoms with Gasteiger partial charge in [0.05, 0.1) is 19.1 Å². The number of anilines is 2. The SMILES string of the molecule is CCN(Cc1ccc(OC)cc1)C1CN(c2ncc(Br)cc2NS(C)(=O)=O)C1. The fourth-order valence-corrected chi connectivity index (χ4v) is 4.16. The monoisotopic (exact) mass is 468 g/mol. The Bertz CT molecular complexity index is 915. The van der Waals surface area contributed by atoms with Crippen LogP contribution in [0.1, 0.15) is 12.5 Å². The molecule has 1 aliphatic heterocycles. The van der Waals surface area contributed by atoms with Crippen LogP contribution in [0.3, 0.4) is 0 Å². The molecule has 1 aliphatic rings. The third-order valence-electron chi connectivity index (χ3n) is 4.76. The Morgan fingerprint density at radius 2 is 2.00 bits per heavy atom. The molecule has 2 heterocycles. The van der Waals surface area contributed by atoms with E-state index in [1.54, 1.807) is 19.4 Å². The molecule has 0 atom stereocenters. The zero-order valence-electron chi connectivity index (χ0n) is 16.2. The van der Waals surface area contributed by atoms with Crippen LogP contribution in [0.5, 0.6) is 5.75 Å². The summed E-state index contributed by atoms with van der Waals surface area (Å²) in [5.74, 6) is 1.51. The van der Waals surface area contributed by atoms with E-state index in [-0.39, 0.29) is 0 Å². The van der Waals surface area contributed by atoms with Crippen LogP contribution in [0.25, 0.3) is 0 Å². The number of halogens is 1. The largest absolute Gasteiger partial charge is 0.497 e. The first kappa shape index (κ1) is 20.9. The highest BCUT2D eigenvalue weighted by Gasteiger charge is 2.33. The van der Waals surface area contributed by atoms with Gasteiger partial charge < -0.3 is 9.64 Å². The number of ether oxygens (including phenoxy) is 1. The zero-order valence-corrected chi connectivity index (χ0v) is 18.6. The van der Waals surface area contributed by atoms with Crippen LogP contribution in [-0.2, 0) is 16.6 Å². The molecule has 0 aliphatic carbocycles. The number of sulfonamides is 1. The highest BCUT2D eigenvalue weighted by Crippen LogP contribution is 2.32. The number of likely N-dealkylation sites (N-methyl/N-ethyl adjacent to an activating group) is 1. The predicted octanol–water partition coefficient (Wildman–Crippen LogP) is 2.93. The van der Waals surface area contributed by atoms with Crippen LogP contribution in [0.4, 0.5) is 11.5 Å². The Kier molecular flexibility index (Phi) is 6.47. The number of hydrogen-bond acceptors (Lipinski definition) is 6. The van der Waals surface area contributed by atoms with Crippen LogP contribution >= 0.6 is 15.9 Å². The van der Waals surface area contributed by atoms with E-state index in [4.69, 9.17) is 4.74 Å². The van der Waals surface area contributed by atoms with Gasteiger partial charge in [-0.25, -0.2) is 13.4 Å². The Hall–Kier alpha value is -1.84. The van der Waals surface area contributed by atoms with E-state index in [2.05, 4.69) is 54.5 Å². The fourth-order valence-electron chi connectivity index (χ4n) is 3.28. The summed E-state index contributed by atoms with van der Waals surface area (Å²) in [6.45, 7) is 5.56. The first-order chi connectivity index (χ1) is 13.3. The standard InChI is InChI=1S/C19H25BrN4O3S/c1-4-23(11-14-5-7-17(27-2)8-6-14)16-12-24(13-16)19-18(22-28(3,25)26)9-15(20)10-21-19/h5-10,16,22H,4,11-13H2,1-3H3. The topological polar surface area (TPSA) is 74.8 Å². The van der Waals surface area contributed by atoms with Gasteiger partial charge in [0.1, 0.15) is 5.75 Å². The Morgan fingerprint density at radius 3 is 2.57 bits per heavy atom. The van der Waals surface area contributed by atoms with E-state index in [0.717, 1.165) is 42.7 Å². The lowest BCUT2D eigenvalue weighted by molar-refractivity contribution is 0.166. The molecule has 0 radical (unpaired) electrons. The lowest BCUT2D eigenvalue weighted by Gasteiger charge is -2.46. The minimum Gasteiger partial charge on any atom is -0.497 e. The van der Waals surface area contributed by atoms with Gasteiger partial charge in [-0.15, -0.1) is 0 Å². The summed E-state index contributed by atoms with van der Waals surface area (Å²) in [7, 11) is -1.71. The molecule has 1 N–H and O–H groups in total. The van der Waals surface area contributed by atoms with Gasteiger partial charge in [0, 0.05) is 36.3 Å². The predicted molar refractivity (Wildman–Crippen MR) is 115 cm³/mol. The molecule has 0 unspecified atom stereocenters. The van der Waals surface area contributed by atoms with Gasteiger partial charge in [0.2, 0.25) is 10.0 Å². The molecule has 2 aromatic rings. The molecular weight excluding hydrogens is 444 g/mol. The number of pyridine rings is 1. The summed E-state index contributed by atoms with van der Waals surface area (Å²) in [5.41, 5.74) is 1.73. The van der Waals surface area contributed by atoms with Gasteiger partial charge in [0.25, 0.3) is 0 Å². The second kappa shape index (κ2) is 8.67.